The van der Waals surface area contributed by atoms with Crippen molar-refractivity contribution in [1.82, 2.24) is 0 Å². The minimum Gasteiger partial charge on any atom is -0.493 e. The van der Waals surface area contributed by atoms with E-state index >= 15 is 0 Å². The molecule has 4 heteroatoms. The molecule has 88 valence electrons. The predicted molar refractivity (Wildman–Crippen MR) is 61.2 cm³/mol. The standard InChI is InChI=1S/C12H16FNO2/c1-4-5-10(14)8-6-11(15-2)12(16-3)7-9(8)13/h4,6-7,10H,1,5,14H2,2-3H3/t10-/m1/s1. The van der Waals surface area contributed by atoms with Crippen molar-refractivity contribution in [3.05, 3.63) is 36.2 Å². The van der Waals surface area contributed by atoms with Crippen LogP contribution in [-0.4, -0.2) is 14.2 Å². The van der Waals surface area contributed by atoms with E-state index in [2.05, 4.69) is 6.58 Å². The number of halogens is 1. The van der Waals surface area contributed by atoms with Crippen LogP contribution in [0.3, 0.4) is 0 Å². The first kappa shape index (κ1) is 12.5. The summed E-state index contributed by atoms with van der Waals surface area (Å²) < 4.78 is 23.8. The lowest BCUT2D eigenvalue weighted by Gasteiger charge is -2.14. The zero-order chi connectivity index (χ0) is 12.1. The summed E-state index contributed by atoms with van der Waals surface area (Å²) in [7, 11) is 2.96. The minimum atomic E-state index is -0.419. The number of benzene rings is 1. The van der Waals surface area contributed by atoms with Crippen molar-refractivity contribution < 1.29 is 13.9 Å². The van der Waals surface area contributed by atoms with Crippen molar-refractivity contribution in [2.75, 3.05) is 14.2 Å². The Morgan fingerprint density at radius 1 is 1.38 bits per heavy atom. The van der Waals surface area contributed by atoms with E-state index in [0.29, 0.717) is 23.5 Å². The maximum absolute atomic E-state index is 13.7. The molecule has 3 nitrogen and oxygen atoms in total. The lowest BCUT2D eigenvalue weighted by atomic mass is 10.0. The third kappa shape index (κ3) is 2.52. The number of methoxy groups -OCH3 is 2. The van der Waals surface area contributed by atoms with E-state index in [1.54, 1.807) is 12.1 Å². The monoisotopic (exact) mass is 225 g/mol. The van der Waals surface area contributed by atoms with Gasteiger partial charge in [-0.25, -0.2) is 4.39 Å². The highest BCUT2D eigenvalue weighted by Crippen LogP contribution is 2.32. The number of ether oxygens (including phenoxy) is 2. The zero-order valence-corrected chi connectivity index (χ0v) is 9.50. The van der Waals surface area contributed by atoms with Gasteiger partial charge in [-0.1, -0.05) is 6.08 Å². The average Bonchev–Trinajstić information content (AvgIpc) is 2.28. The van der Waals surface area contributed by atoms with E-state index < -0.39 is 11.9 Å². The van der Waals surface area contributed by atoms with E-state index in [9.17, 15) is 4.39 Å². The molecular formula is C12H16FNO2. The molecule has 2 N–H and O–H groups in total. The second kappa shape index (κ2) is 5.51. The van der Waals surface area contributed by atoms with Crippen LogP contribution in [0, 0.1) is 5.82 Å². The molecule has 0 heterocycles. The Morgan fingerprint density at radius 2 is 1.94 bits per heavy atom. The Balaban J connectivity index is 3.15. The molecule has 0 saturated carbocycles. The van der Waals surface area contributed by atoms with Gasteiger partial charge in [-0.3, -0.25) is 0 Å². The van der Waals surface area contributed by atoms with Crippen LogP contribution >= 0.6 is 0 Å². The zero-order valence-electron chi connectivity index (χ0n) is 9.50. The first-order chi connectivity index (χ1) is 7.63. The lowest BCUT2D eigenvalue weighted by molar-refractivity contribution is 0.351. The topological polar surface area (TPSA) is 44.5 Å². The van der Waals surface area contributed by atoms with Gasteiger partial charge in [0.2, 0.25) is 0 Å². The maximum Gasteiger partial charge on any atom is 0.163 e. The van der Waals surface area contributed by atoms with Crippen LogP contribution in [0.1, 0.15) is 18.0 Å². The van der Waals surface area contributed by atoms with Crippen LogP contribution in [-0.2, 0) is 0 Å². The molecule has 1 atom stereocenters. The second-order valence-electron chi connectivity index (χ2n) is 3.36. The van der Waals surface area contributed by atoms with Gasteiger partial charge in [-0.2, -0.15) is 0 Å². The molecule has 1 aromatic rings. The smallest absolute Gasteiger partial charge is 0.163 e. The highest BCUT2D eigenvalue weighted by Gasteiger charge is 2.15. The Hall–Kier alpha value is -1.55. The van der Waals surface area contributed by atoms with Crippen LogP contribution in [0.4, 0.5) is 4.39 Å². The van der Waals surface area contributed by atoms with Gasteiger partial charge in [0.1, 0.15) is 5.82 Å². The molecular weight excluding hydrogens is 209 g/mol. The minimum absolute atomic E-state index is 0.356. The van der Waals surface area contributed by atoms with E-state index in [4.69, 9.17) is 15.2 Å². The van der Waals surface area contributed by atoms with Gasteiger partial charge >= 0.3 is 0 Å². The lowest BCUT2D eigenvalue weighted by Crippen LogP contribution is -2.11. The maximum atomic E-state index is 13.7. The van der Waals surface area contributed by atoms with E-state index in [1.807, 2.05) is 0 Å². The first-order valence-electron chi connectivity index (χ1n) is 4.92. The average molecular weight is 225 g/mol. The van der Waals surface area contributed by atoms with Crippen LogP contribution in [0.25, 0.3) is 0 Å². The molecule has 0 unspecified atom stereocenters. The van der Waals surface area contributed by atoms with Crippen LogP contribution in [0.2, 0.25) is 0 Å². The highest BCUT2D eigenvalue weighted by atomic mass is 19.1. The fourth-order valence-electron chi connectivity index (χ4n) is 1.46. The van der Waals surface area contributed by atoms with Crippen molar-refractivity contribution in [1.29, 1.82) is 0 Å². The van der Waals surface area contributed by atoms with E-state index in [0.717, 1.165) is 0 Å². The molecule has 0 saturated heterocycles. The normalized spacial score (nSPS) is 12.0. The Kier molecular flexibility index (Phi) is 4.31. The molecule has 0 radical (unpaired) electrons. The molecule has 0 bridgehead atoms. The third-order valence-electron chi connectivity index (χ3n) is 2.32. The molecule has 0 amide bonds. The fourth-order valence-corrected chi connectivity index (χ4v) is 1.46. The molecule has 0 aliphatic rings. The first-order valence-corrected chi connectivity index (χ1v) is 4.92. The van der Waals surface area contributed by atoms with Crippen molar-refractivity contribution >= 4 is 0 Å². The Labute approximate surface area is 94.7 Å². The molecule has 0 aliphatic carbocycles. The van der Waals surface area contributed by atoms with Gasteiger partial charge in [-0.05, 0) is 12.5 Å². The van der Waals surface area contributed by atoms with Gasteiger partial charge in [-0.15, -0.1) is 6.58 Å². The summed E-state index contributed by atoms with van der Waals surface area (Å²) in [5, 5.41) is 0. The third-order valence-corrected chi connectivity index (χ3v) is 2.32. The molecule has 0 aliphatic heterocycles. The predicted octanol–water partition coefficient (Wildman–Crippen LogP) is 2.42. The van der Waals surface area contributed by atoms with Crippen LogP contribution in [0.5, 0.6) is 11.5 Å². The van der Waals surface area contributed by atoms with Gasteiger partial charge in [0.15, 0.2) is 11.5 Å². The summed E-state index contributed by atoms with van der Waals surface area (Å²) in [5.41, 5.74) is 6.21. The SMILES string of the molecule is C=CC[C@@H](N)c1cc(OC)c(OC)cc1F. The van der Waals surface area contributed by atoms with Crippen molar-refractivity contribution in [2.45, 2.75) is 12.5 Å². The summed E-state index contributed by atoms with van der Waals surface area (Å²) >= 11 is 0. The van der Waals surface area contributed by atoms with Crippen LogP contribution < -0.4 is 15.2 Å². The quantitative estimate of drug-likeness (QED) is 0.783. The summed E-state index contributed by atoms with van der Waals surface area (Å²) in [6, 6.07) is 2.41. The molecule has 1 aromatic carbocycles. The number of rotatable bonds is 5. The second-order valence-corrected chi connectivity index (χ2v) is 3.36. The van der Waals surface area contributed by atoms with Crippen molar-refractivity contribution in [3.8, 4) is 11.5 Å². The van der Waals surface area contributed by atoms with Gasteiger partial charge < -0.3 is 15.2 Å². The summed E-state index contributed by atoms with van der Waals surface area (Å²) in [6.45, 7) is 3.57. The summed E-state index contributed by atoms with van der Waals surface area (Å²) in [6.07, 6.45) is 2.16. The van der Waals surface area contributed by atoms with Gasteiger partial charge in [0, 0.05) is 17.7 Å². The summed E-state index contributed by atoms with van der Waals surface area (Å²) in [4.78, 5) is 0. The Morgan fingerprint density at radius 3 is 2.44 bits per heavy atom. The van der Waals surface area contributed by atoms with Crippen molar-refractivity contribution in [3.63, 3.8) is 0 Å². The van der Waals surface area contributed by atoms with Crippen LogP contribution in [0.15, 0.2) is 24.8 Å². The molecule has 0 aromatic heterocycles. The number of nitrogens with two attached hydrogens (primary N) is 1. The molecule has 0 spiro atoms. The number of hydrogen-bond acceptors (Lipinski definition) is 3. The van der Waals surface area contributed by atoms with E-state index in [-0.39, 0.29) is 0 Å². The van der Waals surface area contributed by atoms with E-state index in [1.165, 1.54) is 20.3 Å². The fraction of sp³-hybridized carbons (Fsp3) is 0.333. The largest absolute Gasteiger partial charge is 0.493 e. The highest BCUT2D eigenvalue weighted by molar-refractivity contribution is 5.44. The van der Waals surface area contributed by atoms with Gasteiger partial charge in [0.05, 0.1) is 14.2 Å². The molecule has 16 heavy (non-hydrogen) atoms. The number of hydrogen-bond donors (Lipinski definition) is 1. The van der Waals surface area contributed by atoms with Gasteiger partial charge in [0.25, 0.3) is 0 Å². The molecule has 1 rings (SSSR count). The van der Waals surface area contributed by atoms with Crippen molar-refractivity contribution in [2.24, 2.45) is 5.73 Å². The molecule has 0 fully saturated rings. The summed E-state index contributed by atoms with van der Waals surface area (Å²) in [5.74, 6) is 0.431. The Bertz CT molecular complexity index is 380.